The standard InChI is InChI=1S/C11H15Cl2NOS/c1-6(5-15)14-8-4-2-3-7-9(8)11(13)16-10(7)12/h6,8,14-15H,2-5H2,1H3/t6-,8?/m0/s1. The molecule has 2 rings (SSSR count). The molecule has 0 saturated heterocycles. The molecule has 2 N–H and O–H groups in total. The third-order valence-electron chi connectivity index (χ3n) is 2.98. The van der Waals surface area contributed by atoms with E-state index in [0.717, 1.165) is 33.5 Å². The maximum atomic E-state index is 9.07. The molecule has 1 unspecified atom stereocenters. The molecule has 90 valence electrons. The highest BCUT2D eigenvalue weighted by Crippen LogP contribution is 2.44. The highest BCUT2D eigenvalue weighted by Gasteiger charge is 2.27. The molecule has 1 heterocycles. The number of nitrogens with one attached hydrogen (secondary N) is 1. The van der Waals surface area contributed by atoms with Crippen LogP contribution in [0.4, 0.5) is 0 Å². The van der Waals surface area contributed by atoms with Crippen molar-refractivity contribution in [3.8, 4) is 0 Å². The van der Waals surface area contributed by atoms with Gasteiger partial charge < -0.3 is 10.4 Å². The van der Waals surface area contributed by atoms with Gasteiger partial charge in [-0.25, -0.2) is 0 Å². The van der Waals surface area contributed by atoms with Gasteiger partial charge in [-0.1, -0.05) is 23.2 Å². The number of fused-ring (bicyclic) bond motifs is 1. The highest BCUT2D eigenvalue weighted by molar-refractivity contribution is 7.20. The van der Waals surface area contributed by atoms with Gasteiger partial charge in [-0.2, -0.15) is 0 Å². The normalized spacial score (nSPS) is 21.9. The van der Waals surface area contributed by atoms with Gasteiger partial charge in [0.1, 0.15) is 0 Å². The molecule has 1 aliphatic carbocycles. The largest absolute Gasteiger partial charge is 0.395 e. The summed E-state index contributed by atoms with van der Waals surface area (Å²) in [5, 5.41) is 12.5. The van der Waals surface area contributed by atoms with Crippen LogP contribution in [-0.2, 0) is 6.42 Å². The van der Waals surface area contributed by atoms with Crippen molar-refractivity contribution in [1.82, 2.24) is 5.32 Å². The van der Waals surface area contributed by atoms with Crippen LogP contribution in [-0.4, -0.2) is 17.8 Å². The van der Waals surface area contributed by atoms with Crippen LogP contribution >= 0.6 is 34.5 Å². The zero-order valence-electron chi connectivity index (χ0n) is 9.09. The molecule has 1 aliphatic rings. The lowest BCUT2D eigenvalue weighted by Gasteiger charge is -2.27. The topological polar surface area (TPSA) is 32.3 Å². The molecule has 2 nitrogen and oxygen atoms in total. The van der Waals surface area contributed by atoms with Crippen LogP contribution in [0.3, 0.4) is 0 Å². The summed E-state index contributed by atoms with van der Waals surface area (Å²) in [6.45, 7) is 2.11. The molecule has 1 aromatic heterocycles. The molecule has 0 bridgehead atoms. The van der Waals surface area contributed by atoms with E-state index in [4.69, 9.17) is 28.3 Å². The van der Waals surface area contributed by atoms with Crippen LogP contribution in [0.1, 0.15) is 36.9 Å². The van der Waals surface area contributed by atoms with Crippen molar-refractivity contribution in [2.75, 3.05) is 6.61 Å². The van der Waals surface area contributed by atoms with Gasteiger partial charge in [-0.15, -0.1) is 11.3 Å². The number of hydrogen-bond acceptors (Lipinski definition) is 3. The van der Waals surface area contributed by atoms with Crippen molar-refractivity contribution in [1.29, 1.82) is 0 Å². The summed E-state index contributed by atoms with van der Waals surface area (Å²) < 4.78 is 1.62. The average Bonchev–Trinajstić information content (AvgIpc) is 2.56. The van der Waals surface area contributed by atoms with Crippen molar-refractivity contribution in [3.05, 3.63) is 19.8 Å². The maximum Gasteiger partial charge on any atom is 0.0994 e. The van der Waals surface area contributed by atoms with Gasteiger partial charge >= 0.3 is 0 Å². The van der Waals surface area contributed by atoms with E-state index in [9.17, 15) is 0 Å². The van der Waals surface area contributed by atoms with E-state index in [1.165, 1.54) is 16.9 Å². The molecule has 0 fully saturated rings. The molecule has 16 heavy (non-hydrogen) atoms. The summed E-state index contributed by atoms with van der Waals surface area (Å²) in [7, 11) is 0. The Hall–Kier alpha value is 0.200. The Kier molecular flexibility index (Phi) is 4.14. The lowest BCUT2D eigenvalue weighted by atomic mass is 9.90. The molecule has 5 heteroatoms. The quantitative estimate of drug-likeness (QED) is 0.889. The lowest BCUT2D eigenvalue weighted by molar-refractivity contribution is 0.236. The fourth-order valence-corrected chi connectivity index (χ4v) is 4.08. The summed E-state index contributed by atoms with van der Waals surface area (Å²) >= 11 is 13.8. The van der Waals surface area contributed by atoms with Crippen LogP contribution in [0.2, 0.25) is 8.67 Å². The Balaban J connectivity index is 2.25. The Morgan fingerprint density at radius 2 is 2.25 bits per heavy atom. The predicted octanol–water partition coefficient (Wildman–Crippen LogP) is 3.40. The van der Waals surface area contributed by atoms with Crippen molar-refractivity contribution in [2.45, 2.75) is 38.3 Å². The smallest absolute Gasteiger partial charge is 0.0994 e. The predicted molar refractivity (Wildman–Crippen MR) is 69.7 cm³/mol. The maximum absolute atomic E-state index is 9.07. The van der Waals surface area contributed by atoms with Gasteiger partial charge in [0.05, 0.1) is 15.3 Å². The molecule has 0 radical (unpaired) electrons. The molecule has 0 aliphatic heterocycles. The summed E-state index contributed by atoms with van der Waals surface area (Å²) in [6.07, 6.45) is 3.20. The third kappa shape index (κ3) is 2.39. The monoisotopic (exact) mass is 279 g/mol. The van der Waals surface area contributed by atoms with Gasteiger partial charge in [0, 0.05) is 17.6 Å². The Morgan fingerprint density at radius 1 is 1.50 bits per heavy atom. The van der Waals surface area contributed by atoms with Crippen molar-refractivity contribution < 1.29 is 5.11 Å². The Bertz CT molecular complexity index is 380. The second-order valence-corrected chi connectivity index (χ2v) is 6.46. The Morgan fingerprint density at radius 3 is 2.94 bits per heavy atom. The van der Waals surface area contributed by atoms with Crippen LogP contribution in [0.25, 0.3) is 0 Å². The van der Waals surface area contributed by atoms with Crippen LogP contribution in [0.15, 0.2) is 0 Å². The minimum Gasteiger partial charge on any atom is -0.395 e. The van der Waals surface area contributed by atoms with Gasteiger partial charge in [0.25, 0.3) is 0 Å². The average molecular weight is 280 g/mol. The second-order valence-electron chi connectivity index (χ2n) is 4.24. The van der Waals surface area contributed by atoms with Gasteiger partial charge in [0.2, 0.25) is 0 Å². The minimum absolute atomic E-state index is 0.0886. The lowest BCUT2D eigenvalue weighted by Crippen LogP contribution is -2.34. The Labute approximate surface area is 110 Å². The zero-order valence-corrected chi connectivity index (χ0v) is 11.4. The van der Waals surface area contributed by atoms with E-state index in [2.05, 4.69) is 5.32 Å². The van der Waals surface area contributed by atoms with Gasteiger partial charge in [-0.05, 0) is 31.7 Å². The van der Waals surface area contributed by atoms with E-state index in [0.29, 0.717) is 0 Å². The molecule has 0 saturated carbocycles. The number of aliphatic hydroxyl groups is 1. The first-order valence-electron chi connectivity index (χ1n) is 5.47. The van der Waals surface area contributed by atoms with Crippen molar-refractivity contribution >= 4 is 34.5 Å². The summed E-state index contributed by atoms with van der Waals surface area (Å²) in [6, 6.07) is 0.327. The van der Waals surface area contributed by atoms with E-state index in [1.807, 2.05) is 6.92 Å². The van der Waals surface area contributed by atoms with Crippen LogP contribution in [0, 0.1) is 0 Å². The minimum atomic E-state index is 0.0886. The number of thiophene rings is 1. The fraction of sp³-hybridized carbons (Fsp3) is 0.636. The highest BCUT2D eigenvalue weighted by atomic mass is 35.5. The molecular weight excluding hydrogens is 265 g/mol. The van der Waals surface area contributed by atoms with Crippen molar-refractivity contribution in [3.63, 3.8) is 0 Å². The fourth-order valence-electron chi connectivity index (χ4n) is 2.19. The number of rotatable bonds is 3. The molecule has 0 aromatic carbocycles. The van der Waals surface area contributed by atoms with Crippen molar-refractivity contribution in [2.24, 2.45) is 0 Å². The van der Waals surface area contributed by atoms with Gasteiger partial charge in [-0.3, -0.25) is 0 Å². The SMILES string of the molecule is C[C@@H](CO)NC1CCCc2c(Cl)sc(Cl)c21. The third-order valence-corrected chi connectivity index (χ3v) is 4.70. The van der Waals surface area contributed by atoms with E-state index in [1.54, 1.807) is 0 Å². The zero-order chi connectivity index (χ0) is 11.7. The molecule has 1 aromatic rings. The molecule has 0 spiro atoms. The first kappa shape index (κ1) is 12.7. The molecule has 2 atom stereocenters. The summed E-state index contributed by atoms with van der Waals surface area (Å²) in [5.41, 5.74) is 2.36. The first-order valence-corrected chi connectivity index (χ1v) is 7.04. The number of hydrogen-bond donors (Lipinski definition) is 2. The number of halogens is 2. The molecular formula is C11H15Cl2NOS. The van der Waals surface area contributed by atoms with E-state index < -0.39 is 0 Å². The molecule has 0 amide bonds. The second kappa shape index (κ2) is 5.23. The van der Waals surface area contributed by atoms with Gasteiger partial charge in [0.15, 0.2) is 0 Å². The van der Waals surface area contributed by atoms with E-state index in [-0.39, 0.29) is 18.7 Å². The summed E-state index contributed by atoms with van der Waals surface area (Å²) in [4.78, 5) is 0. The first-order chi connectivity index (χ1) is 7.63. The number of aliphatic hydroxyl groups excluding tert-OH is 1. The van der Waals surface area contributed by atoms with Crippen LogP contribution in [0.5, 0.6) is 0 Å². The van der Waals surface area contributed by atoms with Crippen LogP contribution < -0.4 is 5.32 Å². The summed E-state index contributed by atoms with van der Waals surface area (Å²) in [5.74, 6) is 0. The van der Waals surface area contributed by atoms with E-state index >= 15 is 0 Å².